The van der Waals surface area contributed by atoms with Gasteiger partial charge in [0, 0.05) is 6.08 Å². The molecule has 0 aromatic rings. The number of amides is 2. The average molecular weight is 198 g/mol. The largest absolute Gasteiger partial charge is 0.499 e. The summed E-state index contributed by atoms with van der Waals surface area (Å²) < 4.78 is 4.96. The number of nitrogens with two attached hydrogens (primary N) is 1. The van der Waals surface area contributed by atoms with E-state index in [1.165, 1.54) is 13.2 Å². The minimum Gasteiger partial charge on any atom is -0.499 e. The lowest BCUT2D eigenvalue weighted by atomic mass is 10.2. The van der Waals surface area contributed by atoms with Crippen molar-refractivity contribution in [2.24, 2.45) is 5.73 Å². The predicted octanol–water partition coefficient (Wildman–Crippen LogP) is -0.379. The summed E-state index contributed by atoms with van der Waals surface area (Å²) in [6.45, 7) is 3.27. The second kappa shape index (κ2) is 3.79. The molecule has 2 N–H and O–H groups in total. The minimum absolute atomic E-state index is 0.356. The van der Waals surface area contributed by atoms with E-state index in [4.69, 9.17) is 10.5 Å². The van der Waals surface area contributed by atoms with Crippen LogP contribution in [0.1, 0.15) is 13.8 Å². The standard InChI is InChI=1S/C9H14N2O3/c1-5(10)9(13)11-6(2)7(14-3)4-8(11)12/h4-6H,10H2,1-3H3/t5-,6+/m1/s1. The molecule has 78 valence electrons. The van der Waals surface area contributed by atoms with Crippen LogP contribution in [0.3, 0.4) is 0 Å². The van der Waals surface area contributed by atoms with E-state index in [1.54, 1.807) is 13.8 Å². The molecule has 2 atom stereocenters. The number of carbonyl (C=O) groups excluding carboxylic acids is 2. The zero-order valence-electron chi connectivity index (χ0n) is 8.48. The van der Waals surface area contributed by atoms with Crippen molar-refractivity contribution in [3.63, 3.8) is 0 Å². The van der Waals surface area contributed by atoms with Gasteiger partial charge in [0.25, 0.3) is 5.91 Å². The molecular formula is C9H14N2O3. The van der Waals surface area contributed by atoms with Crippen LogP contribution in [0.25, 0.3) is 0 Å². The van der Waals surface area contributed by atoms with Crippen molar-refractivity contribution in [2.75, 3.05) is 7.11 Å². The van der Waals surface area contributed by atoms with Crippen LogP contribution < -0.4 is 5.73 Å². The molecule has 5 heteroatoms. The van der Waals surface area contributed by atoms with E-state index in [1.807, 2.05) is 0 Å². The fourth-order valence-corrected chi connectivity index (χ4v) is 1.38. The number of nitrogens with zero attached hydrogens (tertiary/aromatic N) is 1. The molecule has 0 saturated heterocycles. The number of hydrogen-bond acceptors (Lipinski definition) is 4. The third kappa shape index (κ3) is 1.63. The Balaban J connectivity index is 2.86. The number of imide groups is 1. The number of ether oxygens (including phenoxy) is 1. The molecule has 1 heterocycles. The van der Waals surface area contributed by atoms with Gasteiger partial charge in [0.15, 0.2) is 0 Å². The first kappa shape index (κ1) is 10.7. The fraction of sp³-hybridized carbons (Fsp3) is 0.556. The van der Waals surface area contributed by atoms with Gasteiger partial charge in [0.1, 0.15) is 5.76 Å². The minimum atomic E-state index is -0.675. The number of rotatable bonds is 2. The third-order valence-corrected chi connectivity index (χ3v) is 2.16. The molecule has 1 rings (SSSR count). The van der Waals surface area contributed by atoms with Gasteiger partial charge >= 0.3 is 0 Å². The lowest BCUT2D eigenvalue weighted by Crippen LogP contribution is -2.46. The molecule has 5 nitrogen and oxygen atoms in total. The molecule has 0 spiro atoms. The van der Waals surface area contributed by atoms with Gasteiger partial charge in [-0.25, -0.2) is 0 Å². The highest BCUT2D eigenvalue weighted by Gasteiger charge is 2.36. The summed E-state index contributed by atoms with van der Waals surface area (Å²) in [4.78, 5) is 24.0. The van der Waals surface area contributed by atoms with Gasteiger partial charge < -0.3 is 10.5 Å². The van der Waals surface area contributed by atoms with Crippen LogP contribution in [0, 0.1) is 0 Å². The molecular weight excluding hydrogens is 184 g/mol. The second-order valence-corrected chi connectivity index (χ2v) is 3.26. The Morgan fingerprint density at radius 1 is 1.71 bits per heavy atom. The van der Waals surface area contributed by atoms with E-state index in [0.29, 0.717) is 5.76 Å². The lowest BCUT2D eigenvalue weighted by molar-refractivity contribution is -0.143. The summed E-state index contributed by atoms with van der Waals surface area (Å²) in [7, 11) is 1.47. The van der Waals surface area contributed by atoms with Crippen molar-refractivity contribution < 1.29 is 14.3 Å². The highest BCUT2D eigenvalue weighted by atomic mass is 16.5. The lowest BCUT2D eigenvalue weighted by Gasteiger charge is -2.22. The fourth-order valence-electron chi connectivity index (χ4n) is 1.38. The van der Waals surface area contributed by atoms with Gasteiger partial charge in [-0.3, -0.25) is 14.5 Å². The van der Waals surface area contributed by atoms with Crippen LogP contribution in [0.5, 0.6) is 0 Å². The van der Waals surface area contributed by atoms with E-state index in [2.05, 4.69) is 0 Å². The summed E-state index contributed by atoms with van der Waals surface area (Å²) in [5, 5.41) is 0. The van der Waals surface area contributed by atoms with E-state index in [-0.39, 0.29) is 17.9 Å². The van der Waals surface area contributed by atoms with Crippen LogP contribution >= 0.6 is 0 Å². The Labute approximate surface area is 82.5 Å². The summed E-state index contributed by atoms with van der Waals surface area (Å²) in [6, 6.07) is -1.03. The number of methoxy groups -OCH3 is 1. The maximum Gasteiger partial charge on any atom is 0.257 e. The van der Waals surface area contributed by atoms with Gasteiger partial charge in [0.2, 0.25) is 5.91 Å². The molecule has 0 aromatic heterocycles. The Hall–Kier alpha value is -1.36. The van der Waals surface area contributed by atoms with Gasteiger partial charge in [-0.1, -0.05) is 0 Å². The Bertz CT molecular complexity index is 296. The summed E-state index contributed by atoms with van der Waals surface area (Å²) in [6.07, 6.45) is 1.31. The number of hydrogen-bond donors (Lipinski definition) is 1. The maximum atomic E-state index is 11.5. The molecule has 0 aromatic carbocycles. The van der Waals surface area contributed by atoms with Crippen LogP contribution in [-0.2, 0) is 14.3 Å². The highest BCUT2D eigenvalue weighted by molar-refractivity contribution is 6.05. The maximum absolute atomic E-state index is 11.5. The molecule has 0 radical (unpaired) electrons. The molecule has 2 amide bonds. The molecule has 0 bridgehead atoms. The molecule has 0 fully saturated rings. The predicted molar refractivity (Wildman–Crippen MR) is 50.1 cm³/mol. The smallest absolute Gasteiger partial charge is 0.257 e. The Morgan fingerprint density at radius 2 is 2.29 bits per heavy atom. The van der Waals surface area contributed by atoms with Crippen molar-refractivity contribution in [1.82, 2.24) is 4.90 Å². The Morgan fingerprint density at radius 3 is 2.64 bits per heavy atom. The van der Waals surface area contributed by atoms with Crippen LogP contribution in [0.2, 0.25) is 0 Å². The van der Waals surface area contributed by atoms with Crippen molar-refractivity contribution >= 4 is 11.8 Å². The van der Waals surface area contributed by atoms with Crippen molar-refractivity contribution in [3.05, 3.63) is 11.8 Å². The molecule has 1 aliphatic rings. The zero-order chi connectivity index (χ0) is 10.9. The van der Waals surface area contributed by atoms with Crippen molar-refractivity contribution in [3.8, 4) is 0 Å². The summed E-state index contributed by atoms with van der Waals surface area (Å²) in [5.74, 6) is -0.258. The van der Waals surface area contributed by atoms with Crippen molar-refractivity contribution in [1.29, 1.82) is 0 Å². The monoisotopic (exact) mass is 198 g/mol. The quantitative estimate of drug-likeness (QED) is 0.656. The van der Waals surface area contributed by atoms with Crippen molar-refractivity contribution in [2.45, 2.75) is 25.9 Å². The molecule has 0 saturated carbocycles. The van der Waals surface area contributed by atoms with Gasteiger partial charge in [-0.15, -0.1) is 0 Å². The first-order valence-corrected chi connectivity index (χ1v) is 4.37. The van der Waals surface area contributed by atoms with E-state index in [0.717, 1.165) is 4.90 Å². The topological polar surface area (TPSA) is 72.6 Å². The Kier molecular flexibility index (Phi) is 2.90. The van der Waals surface area contributed by atoms with Gasteiger partial charge in [-0.05, 0) is 13.8 Å². The van der Waals surface area contributed by atoms with E-state index in [9.17, 15) is 9.59 Å². The second-order valence-electron chi connectivity index (χ2n) is 3.26. The molecule has 0 aliphatic carbocycles. The molecule has 14 heavy (non-hydrogen) atoms. The van der Waals surface area contributed by atoms with Gasteiger partial charge in [0.05, 0.1) is 19.2 Å². The SMILES string of the molecule is COC1=CC(=O)N(C(=O)[C@@H](C)N)[C@H]1C. The first-order valence-electron chi connectivity index (χ1n) is 4.37. The first-order chi connectivity index (χ1) is 6.49. The normalized spacial score (nSPS) is 23.4. The van der Waals surface area contributed by atoms with Crippen LogP contribution in [0.15, 0.2) is 11.8 Å². The van der Waals surface area contributed by atoms with E-state index >= 15 is 0 Å². The average Bonchev–Trinajstić information content (AvgIpc) is 2.40. The molecule has 0 unspecified atom stereocenters. The van der Waals surface area contributed by atoms with E-state index < -0.39 is 6.04 Å². The summed E-state index contributed by atoms with van der Waals surface area (Å²) >= 11 is 0. The van der Waals surface area contributed by atoms with Gasteiger partial charge in [-0.2, -0.15) is 0 Å². The highest BCUT2D eigenvalue weighted by Crippen LogP contribution is 2.20. The summed E-state index contributed by atoms with van der Waals surface area (Å²) in [5.41, 5.74) is 5.42. The van der Waals surface area contributed by atoms with Crippen LogP contribution in [0.4, 0.5) is 0 Å². The molecule has 1 aliphatic heterocycles. The number of carbonyl (C=O) groups is 2. The van der Waals surface area contributed by atoms with Crippen LogP contribution in [-0.4, -0.2) is 35.9 Å². The third-order valence-electron chi connectivity index (χ3n) is 2.16. The zero-order valence-corrected chi connectivity index (χ0v) is 8.48.